The predicted octanol–water partition coefficient (Wildman–Crippen LogP) is 8.07. The van der Waals surface area contributed by atoms with Gasteiger partial charge in [0.2, 0.25) is 5.91 Å². The molecular formula is C31H25F3N6O3S2. The molecule has 9 nitrogen and oxygen atoms in total. The smallest absolute Gasteiger partial charge is 0.332 e. The minimum Gasteiger partial charge on any atom is -0.332 e. The van der Waals surface area contributed by atoms with Gasteiger partial charge in [0.15, 0.2) is 5.13 Å². The minimum absolute atomic E-state index is 0.0493. The highest BCUT2D eigenvalue weighted by atomic mass is 32.2. The highest BCUT2D eigenvalue weighted by Crippen LogP contribution is 2.32. The first-order chi connectivity index (χ1) is 21.5. The fourth-order valence-electron chi connectivity index (χ4n) is 4.47. The first kappa shape index (κ1) is 31.5. The number of halogens is 3. The van der Waals surface area contributed by atoms with E-state index in [0.29, 0.717) is 10.8 Å². The van der Waals surface area contributed by atoms with Crippen LogP contribution in [0.4, 0.5) is 29.7 Å². The Balaban J connectivity index is 1.17. The SMILES string of the molecule is Cc1cc(/C=N\NC(=O)Cc2csc(Nc3cccc(C(F)(F)F)c3)n2)c(C)n1-c1ccc(Sc2ccc([N+](=O)[O-])cc2)cc1. The summed E-state index contributed by atoms with van der Waals surface area (Å²) in [4.78, 5) is 29.1. The van der Waals surface area contributed by atoms with Gasteiger partial charge in [-0.3, -0.25) is 14.9 Å². The average Bonchev–Trinajstić information content (AvgIpc) is 3.55. The number of benzene rings is 3. The molecule has 0 unspecified atom stereocenters. The second-order valence-electron chi connectivity index (χ2n) is 9.83. The van der Waals surface area contributed by atoms with E-state index in [4.69, 9.17) is 0 Å². The summed E-state index contributed by atoms with van der Waals surface area (Å²) >= 11 is 2.68. The van der Waals surface area contributed by atoms with Crippen molar-refractivity contribution in [1.29, 1.82) is 0 Å². The lowest BCUT2D eigenvalue weighted by Crippen LogP contribution is -2.20. The van der Waals surface area contributed by atoms with Gasteiger partial charge in [-0.1, -0.05) is 17.8 Å². The van der Waals surface area contributed by atoms with Crippen LogP contribution in [0.15, 0.2) is 99.1 Å². The average molecular weight is 651 g/mol. The number of nitrogens with zero attached hydrogens (tertiary/aromatic N) is 4. The predicted molar refractivity (Wildman–Crippen MR) is 169 cm³/mol. The van der Waals surface area contributed by atoms with Crippen LogP contribution in [0, 0.1) is 24.0 Å². The number of aromatic nitrogens is 2. The Bertz CT molecular complexity index is 1870. The molecule has 0 aliphatic carbocycles. The van der Waals surface area contributed by atoms with Crippen molar-refractivity contribution in [3.05, 3.63) is 123 Å². The van der Waals surface area contributed by atoms with Crippen molar-refractivity contribution in [2.75, 3.05) is 5.32 Å². The lowest BCUT2D eigenvalue weighted by molar-refractivity contribution is -0.384. The maximum absolute atomic E-state index is 13.0. The molecule has 0 radical (unpaired) electrons. The summed E-state index contributed by atoms with van der Waals surface area (Å²) in [6, 6.07) is 21.1. The highest BCUT2D eigenvalue weighted by molar-refractivity contribution is 7.99. The number of nitrogens with one attached hydrogen (secondary N) is 2. The van der Waals surface area contributed by atoms with E-state index < -0.39 is 22.6 Å². The second-order valence-corrected chi connectivity index (χ2v) is 11.8. The maximum Gasteiger partial charge on any atom is 0.416 e. The van der Waals surface area contributed by atoms with Gasteiger partial charge in [-0.2, -0.15) is 18.3 Å². The Morgan fingerprint density at radius 1 is 1.07 bits per heavy atom. The molecule has 230 valence electrons. The number of nitro benzene ring substituents is 1. The number of hydrazone groups is 1. The third kappa shape index (κ3) is 7.96. The monoisotopic (exact) mass is 650 g/mol. The summed E-state index contributed by atoms with van der Waals surface area (Å²) in [6.45, 7) is 3.92. The van der Waals surface area contributed by atoms with Crippen LogP contribution in [0.1, 0.15) is 28.2 Å². The van der Waals surface area contributed by atoms with Gasteiger partial charge in [-0.05, 0) is 74.5 Å². The van der Waals surface area contributed by atoms with Gasteiger partial charge >= 0.3 is 6.18 Å². The molecule has 5 aromatic rings. The van der Waals surface area contributed by atoms with E-state index in [-0.39, 0.29) is 17.8 Å². The molecule has 0 spiro atoms. The molecule has 2 heterocycles. The number of hydrogen-bond donors (Lipinski definition) is 2. The molecule has 2 aromatic heterocycles. The van der Waals surface area contributed by atoms with Crippen LogP contribution in [0.5, 0.6) is 0 Å². The zero-order valence-corrected chi connectivity index (χ0v) is 25.5. The van der Waals surface area contributed by atoms with Crippen LogP contribution < -0.4 is 10.7 Å². The molecule has 45 heavy (non-hydrogen) atoms. The van der Waals surface area contributed by atoms with Crippen molar-refractivity contribution in [1.82, 2.24) is 15.0 Å². The van der Waals surface area contributed by atoms with Gasteiger partial charge in [0.05, 0.1) is 28.8 Å². The molecule has 14 heteroatoms. The molecule has 0 bridgehead atoms. The van der Waals surface area contributed by atoms with E-state index in [1.807, 2.05) is 44.2 Å². The number of carbonyl (C=O) groups is 1. The van der Waals surface area contributed by atoms with Crippen molar-refractivity contribution in [3.63, 3.8) is 0 Å². The fourth-order valence-corrected chi connectivity index (χ4v) is 6.02. The summed E-state index contributed by atoms with van der Waals surface area (Å²) in [7, 11) is 0. The van der Waals surface area contributed by atoms with Gasteiger partial charge in [-0.15, -0.1) is 11.3 Å². The summed E-state index contributed by atoms with van der Waals surface area (Å²) in [5.41, 5.74) is 6.14. The van der Waals surface area contributed by atoms with Crippen LogP contribution >= 0.6 is 23.1 Å². The van der Waals surface area contributed by atoms with Crippen LogP contribution in [0.25, 0.3) is 5.69 Å². The number of rotatable bonds is 10. The number of alkyl halides is 3. The van der Waals surface area contributed by atoms with Crippen LogP contribution in [0.3, 0.4) is 0 Å². The molecule has 2 N–H and O–H groups in total. The number of aryl methyl sites for hydroxylation is 1. The molecule has 3 aromatic carbocycles. The van der Waals surface area contributed by atoms with Crippen molar-refractivity contribution >= 4 is 51.7 Å². The zero-order chi connectivity index (χ0) is 32.1. The van der Waals surface area contributed by atoms with Gasteiger partial charge < -0.3 is 9.88 Å². The van der Waals surface area contributed by atoms with Gasteiger partial charge in [-0.25, -0.2) is 10.4 Å². The number of carbonyl (C=O) groups excluding carboxylic acids is 1. The standard InChI is InChI=1S/C31H25F3N6O3S2/c1-19-14-21(20(2)39(19)25-6-10-27(11-7-25)45-28-12-8-26(9-13-28)40(42)43)17-35-38-29(41)16-24-18-44-30(37-24)36-23-5-3-4-22(15-23)31(32,33)34/h3-15,17-18H,16H2,1-2H3,(H,36,37)(H,38,41)/b35-17-. The second kappa shape index (κ2) is 13.4. The molecule has 0 atom stereocenters. The zero-order valence-electron chi connectivity index (χ0n) is 23.8. The van der Waals surface area contributed by atoms with E-state index in [0.717, 1.165) is 44.6 Å². The molecule has 5 rings (SSSR count). The molecule has 0 saturated carbocycles. The van der Waals surface area contributed by atoms with Crippen LogP contribution in [-0.2, 0) is 17.4 Å². The Hall–Kier alpha value is -4.95. The minimum atomic E-state index is -4.45. The largest absolute Gasteiger partial charge is 0.416 e. The van der Waals surface area contributed by atoms with E-state index >= 15 is 0 Å². The number of amides is 1. The summed E-state index contributed by atoms with van der Waals surface area (Å²) in [5.74, 6) is -0.392. The maximum atomic E-state index is 13.0. The summed E-state index contributed by atoms with van der Waals surface area (Å²) in [5, 5.41) is 19.8. The first-order valence-corrected chi connectivity index (χ1v) is 15.1. The van der Waals surface area contributed by atoms with Crippen molar-refractivity contribution < 1.29 is 22.9 Å². The van der Waals surface area contributed by atoms with Crippen molar-refractivity contribution in [2.45, 2.75) is 36.2 Å². The molecule has 0 fully saturated rings. The number of non-ortho nitro benzene ring substituents is 1. The van der Waals surface area contributed by atoms with E-state index in [9.17, 15) is 28.1 Å². The Morgan fingerprint density at radius 2 is 1.76 bits per heavy atom. The molecular weight excluding hydrogens is 626 g/mol. The third-order valence-electron chi connectivity index (χ3n) is 6.58. The fraction of sp³-hybridized carbons (Fsp3) is 0.129. The summed E-state index contributed by atoms with van der Waals surface area (Å²) < 4.78 is 41.0. The highest BCUT2D eigenvalue weighted by Gasteiger charge is 2.30. The number of thiazole rings is 1. The normalized spacial score (nSPS) is 11.6. The van der Waals surface area contributed by atoms with Gasteiger partial charge in [0.25, 0.3) is 5.69 Å². The molecule has 1 amide bonds. The summed E-state index contributed by atoms with van der Waals surface area (Å²) in [6.07, 6.45) is -2.94. The molecule has 0 saturated heterocycles. The molecule has 0 aliphatic heterocycles. The Morgan fingerprint density at radius 3 is 2.42 bits per heavy atom. The van der Waals surface area contributed by atoms with Crippen molar-refractivity contribution in [2.24, 2.45) is 5.10 Å². The van der Waals surface area contributed by atoms with Gasteiger partial charge in [0.1, 0.15) is 0 Å². The lowest BCUT2D eigenvalue weighted by atomic mass is 10.2. The third-order valence-corrected chi connectivity index (χ3v) is 8.40. The van der Waals surface area contributed by atoms with E-state index in [1.54, 1.807) is 23.7 Å². The number of hydrogen-bond acceptors (Lipinski definition) is 8. The topological polar surface area (TPSA) is 114 Å². The quantitative estimate of drug-likeness (QED) is 0.0898. The van der Waals surface area contributed by atoms with Crippen molar-refractivity contribution in [3.8, 4) is 5.69 Å². The van der Waals surface area contributed by atoms with Gasteiger partial charge in [0, 0.05) is 55.6 Å². The Kier molecular flexibility index (Phi) is 9.34. The molecule has 0 aliphatic rings. The first-order valence-electron chi connectivity index (χ1n) is 13.4. The lowest BCUT2D eigenvalue weighted by Gasteiger charge is -2.10. The number of nitro groups is 1. The van der Waals surface area contributed by atoms with E-state index in [2.05, 4.69) is 25.4 Å². The van der Waals surface area contributed by atoms with Crippen LogP contribution in [-0.4, -0.2) is 26.6 Å². The number of anilines is 2. The van der Waals surface area contributed by atoms with E-state index in [1.165, 1.54) is 47.4 Å². The van der Waals surface area contributed by atoms with Crippen LogP contribution in [0.2, 0.25) is 0 Å². The Labute approximate surface area is 264 Å².